The molecule has 2 aliphatic rings. The van der Waals surface area contributed by atoms with Gasteiger partial charge in [0.25, 0.3) is 0 Å². The second kappa shape index (κ2) is 5.47. The molecule has 3 unspecified atom stereocenters. The number of aryl methyl sites for hydroxylation is 1. The number of amides is 1. The molecule has 110 valence electrons. The van der Waals surface area contributed by atoms with E-state index in [1.807, 2.05) is 0 Å². The Morgan fingerprint density at radius 1 is 1.40 bits per heavy atom. The molecule has 0 aromatic carbocycles. The molecule has 1 N–H and O–H groups in total. The van der Waals surface area contributed by atoms with Gasteiger partial charge >= 0.3 is 0 Å². The first-order valence-corrected chi connectivity index (χ1v) is 8.17. The van der Waals surface area contributed by atoms with Crippen molar-refractivity contribution in [1.29, 1.82) is 0 Å². The summed E-state index contributed by atoms with van der Waals surface area (Å²) >= 11 is 1.79. The maximum absolute atomic E-state index is 12.3. The summed E-state index contributed by atoms with van der Waals surface area (Å²) in [4.78, 5) is 19.4. The third kappa shape index (κ3) is 2.50. The Morgan fingerprint density at radius 3 is 2.85 bits per heavy atom. The molecule has 1 aromatic rings. The van der Waals surface area contributed by atoms with E-state index in [1.165, 1.54) is 9.75 Å². The maximum Gasteiger partial charge on any atom is 0.238 e. The Bertz CT molecular complexity index is 501. The standard InChI is InChI=1S/C15H23N3OS/c1-10-9-17(3)7-6-12(10)18-14(19)8-16-15(18)13-5-4-11(2)20-13/h4-5,10,12,15-16H,6-9H2,1-3H3. The summed E-state index contributed by atoms with van der Waals surface area (Å²) in [7, 11) is 2.16. The van der Waals surface area contributed by atoms with Gasteiger partial charge in [0.1, 0.15) is 6.17 Å². The molecule has 0 radical (unpaired) electrons. The Kier molecular flexibility index (Phi) is 3.84. The molecule has 20 heavy (non-hydrogen) atoms. The summed E-state index contributed by atoms with van der Waals surface area (Å²) < 4.78 is 0. The normalized spacial score (nSPS) is 32.0. The van der Waals surface area contributed by atoms with Crippen LogP contribution in [0.5, 0.6) is 0 Å². The predicted molar refractivity (Wildman–Crippen MR) is 81.7 cm³/mol. The summed E-state index contributed by atoms with van der Waals surface area (Å²) in [6.07, 6.45) is 1.16. The van der Waals surface area contributed by atoms with Gasteiger partial charge < -0.3 is 9.80 Å². The van der Waals surface area contributed by atoms with E-state index < -0.39 is 0 Å². The summed E-state index contributed by atoms with van der Waals surface area (Å²) in [6.45, 7) is 7.01. The van der Waals surface area contributed by atoms with Crippen molar-refractivity contribution >= 4 is 17.2 Å². The number of thiophene rings is 1. The fourth-order valence-corrected chi connectivity index (χ4v) is 4.44. The lowest BCUT2D eigenvalue weighted by Gasteiger charge is -2.42. The largest absolute Gasteiger partial charge is 0.318 e. The second-order valence-corrected chi connectivity index (χ2v) is 7.45. The van der Waals surface area contributed by atoms with E-state index in [-0.39, 0.29) is 12.1 Å². The SMILES string of the molecule is Cc1ccc(C2NCC(=O)N2C2CCN(C)CC2C)s1. The van der Waals surface area contributed by atoms with Gasteiger partial charge in [-0.05, 0) is 45.0 Å². The van der Waals surface area contributed by atoms with Crippen LogP contribution < -0.4 is 5.32 Å². The number of nitrogens with zero attached hydrogens (tertiary/aromatic N) is 2. The van der Waals surface area contributed by atoms with E-state index in [2.05, 4.69) is 48.1 Å². The number of likely N-dealkylation sites (tertiary alicyclic amines) is 1. The van der Waals surface area contributed by atoms with Crippen LogP contribution >= 0.6 is 11.3 Å². The fraction of sp³-hybridized carbons (Fsp3) is 0.667. The van der Waals surface area contributed by atoms with E-state index in [1.54, 1.807) is 11.3 Å². The van der Waals surface area contributed by atoms with E-state index in [9.17, 15) is 4.79 Å². The molecule has 3 heterocycles. The van der Waals surface area contributed by atoms with Crippen molar-refractivity contribution in [2.24, 2.45) is 5.92 Å². The molecule has 0 saturated carbocycles. The van der Waals surface area contributed by atoms with Crippen molar-refractivity contribution in [1.82, 2.24) is 15.1 Å². The molecule has 1 aromatic heterocycles. The molecule has 0 aliphatic carbocycles. The lowest BCUT2D eigenvalue weighted by atomic mass is 9.92. The van der Waals surface area contributed by atoms with Crippen LogP contribution in [-0.4, -0.2) is 48.4 Å². The summed E-state index contributed by atoms with van der Waals surface area (Å²) in [5.74, 6) is 0.781. The Hall–Kier alpha value is -0.910. The minimum Gasteiger partial charge on any atom is -0.318 e. The summed E-state index contributed by atoms with van der Waals surface area (Å²) in [5.41, 5.74) is 0. The molecule has 4 nitrogen and oxygen atoms in total. The number of rotatable bonds is 2. The van der Waals surface area contributed by atoms with Crippen molar-refractivity contribution in [2.75, 3.05) is 26.7 Å². The zero-order valence-electron chi connectivity index (χ0n) is 12.4. The first-order chi connectivity index (χ1) is 9.56. The van der Waals surface area contributed by atoms with Gasteiger partial charge in [-0.2, -0.15) is 0 Å². The number of carbonyl (C=O) groups is 1. The van der Waals surface area contributed by atoms with Crippen LogP contribution in [0.3, 0.4) is 0 Å². The molecule has 2 saturated heterocycles. The topological polar surface area (TPSA) is 35.6 Å². The van der Waals surface area contributed by atoms with Crippen LogP contribution in [0.1, 0.15) is 29.3 Å². The minimum atomic E-state index is 0.0806. The molecule has 2 fully saturated rings. The zero-order valence-corrected chi connectivity index (χ0v) is 13.2. The number of hydrogen-bond acceptors (Lipinski definition) is 4. The molecule has 1 amide bonds. The van der Waals surface area contributed by atoms with Gasteiger partial charge in [0.05, 0.1) is 6.54 Å². The fourth-order valence-electron chi connectivity index (χ4n) is 3.49. The highest BCUT2D eigenvalue weighted by atomic mass is 32.1. The smallest absolute Gasteiger partial charge is 0.238 e. The molecule has 3 atom stereocenters. The Balaban J connectivity index is 1.83. The average molecular weight is 293 g/mol. The van der Waals surface area contributed by atoms with Gasteiger partial charge in [0, 0.05) is 22.3 Å². The van der Waals surface area contributed by atoms with Crippen molar-refractivity contribution in [3.63, 3.8) is 0 Å². The zero-order chi connectivity index (χ0) is 14.3. The third-order valence-corrected chi connectivity index (χ3v) is 5.52. The molecular formula is C15H23N3OS. The van der Waals surface area contributed by atoms with Gasteiger partial charge in [0.2, 0.25) is 5.91 Å². The maximum atomic E-state index is 12.3. The van der Waals surface area contributed by atoms with Gasteiger partial charge in [0.15, 0.2) is 0 Å². The lowest BCUT2D eigenvalue weighted by Crippen LogP contribution is -2.50. The van der Waals surface area contributed by atoms with E-state index in [4.69, 9.17) is 0 Å². The minimum absolute atomic E-state index is 0.0806. The first kappa shape index (κ1) is 14.0. The van der Waals surface area contributed by atoms with Crippen LogP contribution in [0.2, 0.25) is 0 Å². The number of carbonyl (C=O) groups excluding carboxylic acids is 1. The number of nitrogens with one attached hydrogen (secondary N) is 1. The van der Waals surface area contributed by atoms with Crippen molar-refractivity contribution in [3.8, 4) is 0 Å². The van der Waals surface area contributed by atoms with Crippen LogP contribution in [0.4, 0.5) is 0 Å². The van der Waals surface area contributed by atoms with E-state index in [0.29, 0.717) is 18.5 Å². The van der Waals surface area contributed by atoms with Crippen LogP contribution in [0.15, 0.2) is 12.1 Å². The van der Waals surface area contributed by atoms with Crippen molar-refractivity contribution in [3.05, 3.63) is 21.9 Å². The average Bonchev–Trinajstić information content (AvgIpc) is 2.96. The van der Waals surface area contributed by atoms with Crippen LogP contribution in [-0.2, 0) is 4.79 Å². The van der Waals surface area contributed by atoms with Crippen LogP contribution in [0.25, 0.3) is 0 Å². The van der Waals surface area contributed by atoms with Gasteiger partial charge in [-0.15, -0.1) is 11.3 Å². The monoisotopic (exact) mass is 293 g/mol. The highest BCUT2D eigenvalue weighted by Crippen LogP contribution is 2.34. The highest BCUT2D eigenvalue weighted by Gasteiger charge is 2.40. The van der Waals surface area contributed by atoms with Gasteiger partial charge in [-0.25, -0.2) is 0 Å². The van der Waals surface area contributed by atoms with Crippen molar-refractivity contribution < 1.29 is 4.79 Å². The lowest BCUT2D eigenvalue weighted by molar-refractivity contribution is -0.132. The molecule has 2 aliphatic heterocycles. The second-order valence-electron chi connectivity index (χ2n) is 6.13. The predicted octanol–water partition coefficient (Wildman–Crippen LogP) is 1.83. The molecule has 3 rings (SSSR count). The quantitative estimate of drug-likeness (QED) is 0.903. The molecule has 5 heteroatoms. The van der Waals surface area contributed by atoms with Crippen LogP contribution in [0, 0.1) is 12.8 Å². The Morgan fingerprint density at radius 2 is 2.20 bits per heavy atom. The van der Waals surface area contributed by atoms with Gasteiger partial charge in [-0.3, -0.25) is 10.1 Å². The summed E-state index contributed by atoms with van der Waals surface area (Å²) in [5, 5.41) is 3.39. The first-order valence-electron chi connectivity index (χ1n) is 7.35. The van der Waals surface area contributed by atoms with E-state index >= 15 is 0 Å². The number of piperidine rings is 1. The summed E-state index contributed by atoms with van der Waals surface area (Å²) in [6, 6.07) is 4.66. The third-order valence-electron chi connectivity index (χ3n) is 4.46. The molecule has 0 bridgehead atoms. The Labute approximate surface area is 124 Å². The molecule has 0 spiro atoms. The highest BCUT2D eigenvalue weighted by molar-refractivity contribution is 7.12. The van der Waals surface area contributed by atoms with Gasteiger partial charge in [-0.1, -0.05) is 6.92 Å². The van der Waals surface area contributed by atoms with Crippen molar-refractivity contribution in [2.45, 2.75) is 32.5 Å². The molecular weight excluding hydrogens is 270 g/mol. The number of hydrogen-bond donors (Lipinski definition) is 1. The van der Waals surface area contributed by atoms with E-state index in [0.717, 1.165) is 19.5 Å².